The molecule has 27 heavy (non-hydrogen) atoms. The summed E-state index contributed by atoms with van der Waals surface area (Å²) in [5.41, 5.74) is 1.43. The lowest BCUT2D eigenvalue weighted by molar-refractivity contribution is -0.131. The molecule has 0 aliphatic heterocycles. The number of hydrogen-bond donors (Lipinski definition) is 1. The number of ether oxygens (including phenoxy) is 1. The second-order valence-electron chi connectivity index (χ2n) is 5.54. The maximum atomic E-state index is 12.0. The Kier molecular flexibility index (Phi) is 6.22. The van der Waals surface area contributed by atoms with Crippen molar-refractivity contribution < 1.29 is 18.7 Å². The summed E-state index contributed by atoms with van der Waals surface area (Å²) in [7, 11) is 0. The number of esters is 1. The van der Waals surface area contributed by atoms with Crippen molar-refractivity contribution in [3.05, 3.63) is 71.6 Å². The van der Waals surface area contributed by atoms with Gasteiger partial charge in [-0.05, 0) is 30.7 Å². The van der Waals surface area contributed by atoms with Gasteiger partial charge in [-0.15, -0.1) is 10.2 Å². The minimum Gasteiger partial charge on any atom is -0.426 e. The van der Waals surface area contributed by atoms with Crippen LogP contribution in [0.5, 0.6) is 5.75 Å². The van der Waals surface area contributed by atoms with Gasteiger partial charge in [-0.2, -0.15) is 0 Å². The van der Waals surface area contributed by atoms with Crippen molar-refractivity contribution in [2.24, 2.45) is 0 Å². The molecule has 7 nitrogen and oxygen atoms in total. The number of thioether (sulfide) groups is 1. The molecule has 1 amide bonds. The highest BCUT2D eigenvalue weighted by atomic mass is 32.2. The van der Waals surface area contributed by atoms with E-state index in [9.17, 15) is 9.59 Å². The van der Waals surface area contributed by atoms with E-state index in [1.807, 2.05) is 25.1 Å². The lowest BCUT2D eigenvalue weighted by Crippen LogP contribution is -2.22. The van der Waals surface area contributed by atoms with E-state index in [0.717, 1.165) is 17.3 Å². The van der Waals surface area contributed by atoms with Crippen LogP contribution in [0.15, 0.2) is 64.2 Å². The molecule has 0 aliphatic rings. The molecular weight excluding hydrogens is 366 g/mol. The molecular formula is C19H17N3O4S. The highest BCUT2D eigenvalue weighted by Crippen LogP contribution is 2.19. The van der Waals surface area contributed by atoms with Crippen LogP contribution in [0.4, 0.5) is 0 Å². The fourth-order valence-electron chi connectivity index (χ4n) is 2.16. The topological polar surface area (TPSA) is 94.3 Å². The Labute approximate surface area is 160 Å². The van der Waals surface area contributed by atoms with Gasteiger partial charge in [0, 0.05) is 5.56 Å². The van der Waals surface area contributed by atoms with E-state index in [0.29, 0.717) is 11.3 Å². The molecule has 0 spiro atoms. The highest BCUT2D eigenvalue weighted by molar-refractivity contribution is 7.99. The van der Waals surface area contributed by atoms with Crippen LogP contribution in [0, 0.1) is 6.92 Å². The number of para-hydroxylation sites is 1. The summed E-state index contributed by atoms with van der Waals surface area (Å²) in [6, 6.07) is 16.1. The normalized spacial score (nSPS) is 10.4. The standard InChI is InChI=1S/C19H17N3O4S/c1-13-7-5-6-10-15(13)25-17(23)12-27-19-22-21-16(26-19)11-20-18(24)14-8-3-2-4-9-14/h2-10H,11-12H2,1H3,(H,20,24). The minimum absolute atomic E-state index is 0.0341. The molecule has 138 valence electrons. The Morgan fingerprint density at radius 2 is 1.81 bits per heavy atom. The SMILES string of the molecule is Cc1ccccc1OC(=O)CSc1nnc(CNC(=O)c2ccccc2)o1. The van der Waals surface area contributed by atoms with Gasteiger partial charge in [0.05, 0.1) is 6.54 Å². The predicted octanol–water partition coefficient (Wildman–Crippen LogP) is 3.01. The maximum Gasteiger partial charge on any atom is 0.321 e. The summed E-state index contributed by atoms with van der Waals surface area (Å²) in [6.45, 7) is 1.97. The third-order valence-corrected chi connectivity index (χ3v) is 4.31. The zero-order chi connectivity index (χ0) is 19.1. The number of amides is 1. The third-order valence-electron chi connectivity index (χ3n) is 3.52. The van der Waals surface area contributed by atoms with Crippen LogP contribution < -0.4 is 10.1 Å². The van der Waals surface area contributed by atoms with Gasteiger partial charge in [0.15, 0.2) is 0 Å². The summed E-state index contributed by atoms with van der Waals surface area (Å²) in [6.07, 6.45) is 0. The van der Waals surface area contributed by atoms with Crippen LogP contribution in [-0.2, 0) is 11.3 Å². The van der Waals surface area contributed by atoms with Crippen molar-refractivity contribution in [1.29, 1.82) is 0 Å². The predicted molar refractivity (Wildman–Crippen MR) is 99.4 cm³/mol. The van der Waals surface area contributed by atoms with Crippen molar-refractivity contribution in [3.8, 4) is 5.75 Å². The molecule has 0 unspecified atom stereocenters. The lowest BCUT2D eigenvalue weighted by Gasteiger charge is -2.05. The number of benzene rings is 2. The van der Waals surface area contributed by atoms with Gasteiger partial charge in [0.1, 0.15) is 11.5 Å². The highest BCUT2D eigenvalue weighted by Gasteiger charge is 2.13. The van der Waals surface area contributed by atoms with E-state index in [1.54, 1.807) is 36.4 Å². The Hall–Kier alpha value is -3.13. The van der Waals surface area contributed by atoms with Crippen LogP contribution in [0.2, 0.25) is 0 Å². The average Bonchev–Trinajstić information content (AvgIpc) is 3.15. The summed E-state index contributed by atoms with van der Waals surface area (Å²) in [5, 5.41) is 10.6. The van der Waals surface area contributed by atoms with Crippen LogP contribution in [-0.4, -0.2) is 27.8 Å². The van der Waals surface area contributed by atoms with E-state index < -0.39 is 5.97 Å². The Morgan fingerprint density at radius 3 is 2.59 bits per heavy atom. The zero-order valence-electron chi connectivity index (χ0n) is 14.5. The van der Waals surface area contributed by atoms with Crippen LogP contribution >= 0.6 is 11.8 Å². The molecule has 0 saturated heterocycles. The molecule has 0 fully saturated rings. The largest absolute Gasteiger partial charge is 0.426 e. The van der Waals surface area contributed by atoms with Gasteiger partial charge >= 0.3 is 5.97 Å². The average molecular weight is 383 g/mol. The first-order valence-electron chi connectivity index (χ1n) is 8.16. The fourth-order valence-corrected chi connectivity index (χ4v) is 2.71. The molecule has 1 aromatic heterocycles. The third kappa shape index (κ3) is 5.42. The van der Waals surface area contributed by atoms with Gasteiger partial charge in [-0.1, -0.05) is 48.2 Å². The number of carbonyl (C=O) groups excluding carboxylic acids is 2. The van der Waals surface area contributed by atoms with Crippen LogP contribution in [0.3, 0.4) is 0 Å². The van der Waals surface area contributed by atoms with Crippen LogP contribution in [0.1, 0.15) is 21.8 Å². The molecule has 8 heteroatoms. The molecule has 0 saturated carbocycles. The first-order chi connectivity index (χ1) is 13.1. The number of aromatic nitrogens is 2. The number of carbonyl (C=O) groups is 2. The van der Waals surface area contributed by atoms with E-state index in [1.165, 1.54) is 0 Å². The second-order valence-corrected chi connectivity index (χ2v) is 6.47. The number of nitrogens with zero attached hydrogens (tertiary/aromatic N) is 2. The van der Waals surface area contributed by atoms with Crippen molar-refractivity contribution in [3.63, 3.8) is 0 Å². The van der Waals surface area contributed by atoms with Crippen molar-refractivity contribution >= 4 is 23.6 Å². The van der Waals surface area contributed by atoms with E-state index in [2.05, 4.69) is 15.5 Å². The van der Waals surface area contributed by atoms with Gasteiger partial charge in [0.25, 0.3) is 11.1 Å². The van der Waals surface area contributed by atoms with Crippen molar-refractivity contribution in [1.82, 2.24) is 15.5 Å². The summed E-state index contributed by atoms with van der Waals surface area (Å²) < 4.78 is 10.7. The number of nitrogens with one attached hydrogen (secondary N) is 1. The molecule has 0 aliphatic carbocycles. The van der Waals surface area contributed by atoms with Gasteiger partial charge in [-0.25, -0.2) is 0 Å². The first kappa shape index (κ1) is 18.7. The maximum absolute atomic E-state index is 12.0. The number of aryl methyl sites for hydroxylation is 1. The van der Waals surface area contributed by atoms with Crippen molar-refractivity contribution in [2.45, 2.75) is 18.7 Å². The van der Waals surface area contributed by atoms with Crippen LogP contribution in [0.25, 0.3) is 0 Å². The smallest absolute Gasteiger partial charge is 0.321 e. The Morgan fingerprint density at radius 1 is 1.07 bits per heavy atom. The van der Waals surface area contributed by atoms with E-state index in [-0.39, 0.29) is 29.3 Å². The molecule has 3 rings (SSSR count). The summed E-state index contributed by atoms with van der Waals surface area (Å²) >= 11 is 1.08. The molecule has 3 aromatic rings. The minimum atomic E-state index is -0.411. The van der Waals surface area contributed by atoms with E-state index >= 15 is 0 Å². The fraction of sp³-hybridized carbons (Fsp3) is 0.158. The molecule has 1 N–H and O–H groups in total. The molecule has 1 heterocycles. The number of hydrogen-bond acceptors (Lipinski definition) is 7. The monoisotopic (exact) mass is 383 g/mol. The van der Waals surface area contributed by atoms with Crippen molar-refractivity contribution in [2.75, 3.05) is 5.75 Å². The second kappa shape index (κ2) is 9.00. The quantitative estimate of drug-likeness (QED) is 0.381. The lowest BCUT2D eigenvalue weighted by atomic mass is 10.2. The first-order valence-corrected chi connectivity index (χ1v) is 9.15. The van der Waals surface area contributed by atoms with Gasteiger partial charge in [0.2, 0.25) is 5.89 Å². The zero-order valence-corrected chi connectivity index (χ0v) is 15.4. The summed E-state index contributed by atoms with van der Waals surface area (Å²) in [4.78, 5) is 23.9. The molecule has 2 aromatic carbocycles. The van der Waals surface area contributed by atoms with E-state index in [4.69, 9.17) is 9.15 Å². The summed E-state index contributed by atoms with van der Waals surface area (Å²) in [5.74, 6) is 0.176. The molecule has 0 bridgehead atoms. The molecule has 0 radical (unpaired) electrons. The van der Waals surface area contributed by atoms with Gasteiger partial charge < -0.3 is 14.5 Å². The Balaban J connectivity index is 1.46. The number of rotatable bonds is 7. The Bertz CT molecular complexity index is 927. The van der Waals surface area contributed by atoms with Gasteiger partial charge in [-0.3, -0.25) is 9.59 Å². The molecule has 0 atom stereocenters.